The van der Waals surface area contributed by atoms with Gasteiger partial charge in [-0.2, -0.15) is 0 Å². The van der Waals surface area contributed by atoms with Crippen molar-refractivity contribution in [1.82, 2.24) is 0 Å². The van der Waals surface area contributed by atoms with Gasteiger partial charge in [-0.3, -0.25) is 0 Å². The predicted octanol–water partition coefficient (Wildman–Crippen LogP) is 5.43. The van der Waals surface area contributed by atoms with Crippen molar-refractivity contribution in [3.8, 4) is 22.6 Å². The fourth-order valence-corrected chi connectivity index (χ4v) is 4.15. The fraction of sp³-hybridized carbons (Fsp3) is 0.148. The van der Waals surface area contributed by atoms with E-state index in [9.17, 15) is 15.0 Å². The summed E-state index contributed by atoms with van der Waals surface area (Å²) >= 11 is 0. The molecular weight excluding hydrogens is 404 g/mol. The number of hydrogen-bond donors (Lipinski definition) is 2. The molecule has 2 N–H and O–H groups in total. The highest BCUT2D eigenvalue weighted by Crippen LogP contribution is 2.50. The van der Waals surface area contributed by atoms with E-state index in [-0.39, 0.29) is 16.9 Å². The largest absolute Gasteiger partial charge is 0.507 e. The highest BCUT2D eigenvalue weighted by Gasteiger charge is 2.33. The molecule has 1 aliphatic heterocycles. The molecule has 32 heavy (non-hydrogen) atoms. The molecular formula is C27H22O5. The number of fused-ring (bicyclic) bond motifs is 3. The van der Waals surface area contributed by atoms with Crippen molar-refractivity contribution in [1.29, 1.82) is 0 Å². The minimum atomic E-state index is -1.21. The normalized spacial score (nSPS) is 15.2. The standard InChI is InChI=1S/C27H22O5/c1-27(2)14-13-18-24(30)22(23(29)17-11-7-4-8-12-17)26-21(25(18)32-27)19(15-20(28)31-26)16-9-5-3-6-10-16/h3-15,23,29-30H,1-2H3. The summed E-state index contributed by atoms with van der Waals surface area (Å²) in [6, 6.07) is 19.8. The van der Waals surface area contributed by atoms with Gasteiger partial charge in [0.05, 0.1) is 16.5 Å². The van der Waals surface area contributed by atoms with Gasteiger partial charge in [-0.25, -0.2) is 4.79 Å². The molecule has 1 atom stereocenters. The van der Waals surface area contributed by atoms with E-state index in [4.69, 9.17) is 9.15 Å². The Hall–Kier alpha value is -3.83. The number of hydrogen-bond acceptors (Lipinski definition) is 5. The van der Waals surface area contributed by atoms with Gasteiger partial charge in [0.2, 0.25) is 0 Å². The summed E-state index contributed by atoms with van der Waals surface area (Å²) in [5, 5.41) is 23.0. The molecule has 5 rings (SSSR count). The smallest absolute Gasteiger partial charge is 0.336 e. The Morgan fingerprint density at radius 1 is 0.969 bits per heavy atom. The molecule has 0 fully saturated rings. The fourth-order valence-electron chi connectivity index (χ4n) is 4.15. The van der Waals surface area contributed by atoms with Crippen LogP contribution in [0.5, 0.6) is 11.5 Å². The Morgan fingerprint density at radius 3 is 2.31 bits per heavy atom. The lowest BCUT2D eigenvalue weighted by atomic mass is 9.89. The average Bonchev–Trinajstić information content (AvgIpc) is 2.79. The van der Waals surface area contributed by atoms with Gasteiger partial charge in [-0.15, -0.1) is 0 Å². The molecule has 1 aromatic heterocycles. The first-order valence-electron chi connectivity index (χ1n) is 10.4. The molecule has 0 spiro atoms. The SMILES string of the molecule is CC1(C)C=Cc2c(O)c(C(O)c3ccccc3)c3oc(=O)cc(-c4ccccc4)c3c2O1. The number of benzene rings is 3. The maximum atomic E-state index is 12.6. The zero-order valence-corrected chi connectivity index (χ0v) is 17.7. The Bertz CT molecular complexity index is 1400. The molecule has 2 heterocycles. The summed E-state index contributed by atoms with van der Waals surface area (Å²) in [6.07, 6.45) is 2.43. The lowest BCUT2D eigenvalue weighted by molar-refractivity contribution is 0.160. The van der Waals surface area contributed by atoms with Crippen molar-refractivity contribution in [3.63, 3.8) is 0 Å². The number of phenols is 1. The van der Waals surface area contributed by atoms with E-state index in [0.29, 0.717) is 27.8 Å². The van der Waals surface area contributed by atoms with E-state index in [0.717, 1.165) is 5.56 Å². The molecule has 1 aliphatic rings. The second-order valence-electron chi connectivity index (χ2n) is 8.41. The second kappa shape index (κ2) is 7.39. The van der Waals surface area contributed by atoms with Crippen molar-refractivity contribution < 1.29 is 19.4 Å². The van der Waals surface area contributed by atoms with Crippen LogP contribution in [0.1, 0.15) is 36.6 Å². The summed E-state index contributed by atoms with van der Waals surface area (Å²) in [4.78, 5) is 12.6. The first-order chi connectivity index (χ1) is 15.4. The van der Waals surface area contributed by atoms with Crippen molar-refractivity contribution in [2.75, 3.05) is 0 Å². The number of ether oxygens (including phenoxy) is 1. The van der Waals surface area contributed by atoms with Gasteiger partial charge in [0, 0.05) is 11.6 Å². The first-order valence-corrected chi connectivity index (χ1v) is 10.4. The van der Waals surface area contributed by atoms with E-state index in [1.807, 2.05) is 56.3 Å². The number of aliphatic hydroxyl groups excluding tert-OH is 1. The molecule has 0 amide bonds. The quantitative estimate of drug-likeness (QED) is 0.427. The van der Waals surface area contributed by atoms with E-state index in [1.54, 1.807) is 30.3 Å². The number of aliphatic hydroxyl groups is 1. The van der Waals surface area contributed by atoms with Crippen LogP contribution in [0.25, 0.3) is 28.2 Å². The maximum Gasteiger partial charge on any atom is 0.336 e. The zero-order chi connectivity index (χ0) is 22.5. The molecule has 0 saturated heterocycles. The lowest BCUT2D eigenvalue weighted by Crippen LogP contribution is -2.28. The number of aromatic hydroxyl groups is 1. The van der Waals surface area contributed by atoms with Crippen molar-refractivity contribution in [2.24, 2.45) is 0 Å². The minimum Gasteiger partial charge on any atom is -0.507 e. The highest BCUT2D eigenvalue weighted by atomic mass is 16.5. The third kappa shape index (κ3) is 3.27. The molecule has 5 nitrogen and oxygen atoms in total. The summed E-state index contributed by atoms with van der Waals surface area (Å²) in [5.41, 5.74) is 1.45. The van der Waals surface area contributed by atoms with Crippen molar-refractivity contribution in [2.45, 2.75) is 25.6 Å². The van der Waals surface area contributed by atoms with Crippen LogP contribution in [0.4, 0.5) is 0 Å². The van der Waals surface area contributed by atoms with Crippen molar-refractivity contribution in [3.05, 3.63) is 99.9 Å². The maximum absolute atomic E-state index is 12.6. The van der Waals surface area contributed by atoms with Gasteiger partial charge < -0.3 is 19.4 Å². The Labute approximate surface area is 184 Å². The van der Waals surface area contributed by atoms with Gasteiger partial charge in [0.25, 0.3) is 0 Å². The van der Waals surface area contributed by atoms with E-state index in [2.05, 4.69) is 0 Å². The monoisotopic (exact) mass is 426 g/mol. The minimum absolute atomic E-state index is 0.107. The molecule has 1 unspecified atom stereocenters. The topological polar surface area (TPSA) is 79.9 Å². The van der Waals surface area contributed by atoms with Crippen LogP contribution < -0.4 is 10.4 Å². The Morgan fingerprint density at radius 2 is 1.62 bits per heavy atom. The molecule has 5 heteroatoms. The molecule has 0 radical (unpaired) electrons. The molecule has 3 aromatic carbocycles. The summed E-state index contributed by atoms with van der Waals surface area (Å²) in [6.45, 7) is 3.81. The molecule has 0 aliphatic carbocycles. The second-order valence-corrected chi connectivity index (χ2v) is 8.41. The lowest BCUT2D eigenvalue weighted by Gasteiger charge is -2.31. The van der Waals surface area contributed by atoms with Crippen LogP contribution in [0, 0.1) is 0 Å². The van der Waals surface area contributed by atoms with E-state index < -0.39 is 17.3 Å². The van der Waals surface area contributed by atoms with Gasteiger partial charge >= 0.3 is 5.63 Å². The third-order valence-electron chi connectivity index (χ3n) is 5.68. The van der Waals surface area contributed by atoms with Crippen molar-refractivity contribution >= 4 is 17.0 Å². The van der Waals surface area contributed by atoms with Gasteiger partial charge in [0.15, 0.2) is 5.58 Å². The van der Waals surface area contributed by atoms with Crippen LogP contribution in [-0.2, 0) is 0 Å². The predicted molar refractivity (Wildman–Crippen MR) is 124 cm³/mol. The summed E-state index contributed by atoms with van der Waals surface area (Å²) < 4.78 is 11.9. The van der Waals surface area contributed by atoms with Gasteiger partial charge in [-0.1, -0.05) is 60.7 Å². The molecule has 160 valence electrons. The highest BCUT2D eigenvalue weighted by molar-refractivity contribution is 6.04. The first kappa shape index (κ1) is 20.1. The van der Waals surface area contributed by atoms with Crippen LogP contribution in [0.3, 0.4) is 0 Å². The Balaban J connectivity index is 1.93. The third-order valence-corrected chi connectivity index (χ3v) is 5.68. The van der Waals surface area contributed by atoms with Crippen LogP contribution >= 0.6 is 0 Å². The van der Waals surface area contributed by atoms with E-state index >= 15 is 0 Å². The summed E-state index contributed by atoms with van der Waals surface area (Å²) in [7, 11) is 0. The van der Waals surface area contributed by atoms with Crippen LogP contribution in [0.15, 0.2) is 82.0 Å². The average molecular weight is 426 g/mol. The molecule has 0 bridgehead atoms. The van der Waals surface area contributed by atoms with Gasteiger partial charge in [0.1, 0.15) is 23.2 Å². The van der Waals surface area contributed by atoms with E-state index in [1.165, 1.54) is 6.07 Å². The zero-order valence-electron chi connectivity index (χ0n) is 17.7. The molecule has 4 aromatic rings. The Kier molecular flexibility index (Phi) is 4.64. The van der Waals surface area contributed by atoms with Crippen LogP contribution in [0.2, 0.25) is 0 Å². The number of phenolic OH excluding ortho intramolecular Hbond substituents is 1. The van der Waals surface area contributed by atoms with Gasteiger partial charge in [-0.05, 0) is 37.1 Å². The number of rotatable bonds is 3. The summed E-state index contributed by atoms with van der Waals surface area (Å²) in [5.74, 6) is 0.237. The molecule has 0 saturated carbocycles. The van der Waals surface area contributed by atoms with Crippen LogP contribution in [-0.4, -0.2) is 15.8 Å².